The summed E-state index contributed by atoms with van der Waals surface area (Å²) in [4.78, 5) is 10.1. The van der Waals surface area contributed by atoms with Gasteiger partial charge in [0.25, 0.3) is 0 Å². The molecule has 0 aliphatic heterocycles. The lowest BCUT2D eigenvalue weighted by Crippen LogP contribution is -1.90. The van der Waals surface area contributed by atoms with Crippen LogP contribution in [0.15, 0.2) is 54.6 Å². The number of rotatable bonds is 2. The van der Waals surface area contributed by atoms with Crippen molar-refractivity contribution < 1.29 is 0 Å². The van der Waals surface area contributed by atoms with E-state index in [0.717, 1.165) is 33.6 Å². The molecule has 152 valence electrons. The van der Waals surface area contributed by atoms with Crippen LogP contribution in [0, 0.1) is 0 Å². The van der Waals surface area contributed by atoms with Gasteiger partial charge in [-0.15, -0.1) is 0 Å². The molecule has 0 saturated carbocycles. The van der Waals surface area contributed by atoms with Gasteiger partial charge in [-0.1, -0.05) is 45.9 Å². The van der Waals surface area contributed by atoms with Gasteiger partial charge < -0.3 is 0 Å². The molecule has 0 fully saturated rings. The molecule has 3 aromatic carbocycles. The van der Waals surface area contributed by atoms with Crippen molar-refractivity contribution in [1.82, 2.24) is 23.2 Å². The average Bonchev–Trinajstić information content (AvgIpc) is 3.46. The van der Waals surface area contributed by atoms with Crippen LogP contribution < -0.4 is 0 Å². The smallest absolute Gasteiger partial charge is 0.223 e. The molecule has 5 nitrogen and oxygen atoms in total. The molecule has 4 heterocycles. The van der Waals surface area contributed by atoms with Gasteiger partial charge in [0.1, 0.15) is 5.52 Å². The lowest BCUT2D eigenvalue weighted by molar-refractivity contribution is 0.868. The van der Waals surface area contributed by atoms with Crippen LogP contribution in [-0.2, 0) is 0 Å². The summed E-state index contributed by atoms with van der Waals surface area (Å²) in [6.07, 6.45) is 0. The van der Waals surface area contributed by atoms with Crippen LogP contribution in [0.25, 0.3) is 50.2 Å². The van der Waals surface area contributed by atoms with Gasteiger partial charge in [0.15, 0.2) is 0 Å². The van der Waals surface area contributed by atoms with E-state index in [4.69, 9.17) is 9.97 Å². The highest BCUT2D eigenvalue weighted by Crippen LogP contribution is 2.35. The minimum Gasteiger partial charge on any atom is -0.276 e. The van der Waals surface area contributed by atoms with Gasteiger partial charge in [-0.05, 0) is 59.4 Å². The van der Waals surface area contributed by atoms with Gasteiger partial charge in [-0.3, -0.25) is 8.80 Å². The number of hydrogen-bond donors (Lipinski definition) is 0. The number of imidazole rings is 4. The van der Waals surface area contributed by atoms with Crippen molar-refractivity contribution in [3.63, 3.8) is 0 Å². The van der Waals surface area contributed by atoms with Crippen LogP contribution in [-0.4, -0.2) is 23.2 Å². The van der Waals surface area contributed by atoms with Crippen molar-refractivity contribution in [2.75, 3.05) is 0 Å². The Kier molecular flexibility index (Phi) is 3.06. The molecule has 0 radical (unpaired) electrons. The highest BCUT2D eigenvalue weighted by Gasteiger charge is 2.23. The van der Waals surface area contributed by atoms with Crippen LogP contribution in [0.4, 0.5) is 0 Å². The van der Waals surface area contributed by atoms with Crippen molar-refractivity contribution in [3.05, 3.63) is 65.7 Å². The SMILES string of the molecule is CC(C)c1ccc2nc3n(c2c1)c1cccc2c1n3c1nc3ccc(C(C)C)cc3n21. The molecule has 4 aromatic heterocycles. The zero-order chi connectivity index (χ0) is 21.0. The van der Waals surface area contributed by atoms with Gasteiger partial charge in [0.05, 0.1) is 33.1 Å². The van der Waals surface area contributed by atoms with E-state index in [0.29, 0.717) is 11.8 Å². The Labute approximate surface area is 178 Å². The van der Waals surface area contributed by atoms with Crippen LogP contribution in [0.5, 0.6) is 0 Å². The summed E-state index contributed by atoms with van der Waals surface area (Å²) in [7, 11) is 0. The van der Waals surface area contributed by atoms with Crippen molar-refractivity contribution in [3.8, 4) is 0 Å². The van der Waals surface area contributed by atoms with E-state index in [9.17, 15) is 0 Å². The van der Waals surface area contributed by atoms with E-state index in [1.807, 2.05) is 0 Å². The Bertz CT molecular complexity index is 1660. The zero-order valence-corrected chi connectivity index (χ0v) is 18.1. The number of hydrogen-bond acceptors (Lipinski definition) is 2. The maximum Gasteiger partial charge on any atom is 0.223 e. The average molecular weight is 406 g/mol. The minimum atomic E-state index is 0.478. The Morgan fingerprint density at radius 3 is 1.52 bits per heavy atom. The normalized spacial score (nSPS) is 13.1. The Balaban J connectivity index is 1.71. The Hall–Kier alpha value is -3.60. The largest absolute Gasteiger partial charge is 0.276 e. The maximum atomic E-state index is 5.04. The van der Waals surface area contributed by atoms with Crippen molar-refractivity contribution in [2.45, 2.75) is 39.5 Å². The predicted octanol–water partition coefficient (Wildman–Crippen LogP) is 6.38. The third-order valence-electron chi connectivity index (χ3n) is 6.75. The molecule has 0 atom stereocenters. The first-order valence-electron chi connectivity index (χ1n) is 11.0. The number of benzene rings is 3. The summed E-state index contributed by atoms with van der Waals surface area (Å²) >= 11 is 0. The summed E-state index contributed by atoms with van der Waals surface area (Å²) in [6.45, 7) is 8.94. The molecule has 0 aliphatic carbocycles. The van der Waals surface area contributed by atoms with E-state index >= 15 is 0 Å². The lowest BCUT2D eigenvalue weighted by Gasteiger charge is -2.05. The Morgan fingerprint density at radius 2 is 1.06 bits per heavy atom. The molecule has 7 rings (SSSR count). The third kappa shape index (κ3) is 2.01. The second kappa shape index (κ2) is 5.55. The monoisotopic (exact) mass is 405 g/mol. The second-order valence-corrected chi connectivity index (χ2v) is 9.28. The standard InChI is InChI=1S/C26H23N5/c1-14(2)16-8-10-18-22(12-16)29-20-6-5-7-21-24(20)31(25(29)27-18)26-28-19-11-9-17(15(3)4)13-23(19)30(21)26/h5-15H,1-4H3. The quantitative estimate of drug-likeness (QED) is 0.335. The zero-order valence-electron chi connectivity index (χ0n) is 18.1. The van der Waals surface area contributed by atoms with Crippen LogP contribution in [0.1, 0.15) is 50.7 Å². The van der Waals surface area contributed by atoms with Crippen molar-refractivity contribution in [2.24, 2.45) is 0 Å². The second-order valence-electron chi connectivity index (χ2n) is 9.28. The fourth-order valence-electron chi connectivity index (χ4n) is 5.05. The number of para-hydroxylation sites is 1. The molecule has 0 unspecified atom stereocenters. The van der Waals surface area contributed by atoms with E-state index in [1.54, 1.807) is 0 Å². The molecule has 0 saturated heterocycles. The van der Waals surface area contributed by atoms with E-state index < -0.39 is 0 Å². The maximum absolute atomic E-state index is 5.04. The van der Waals surface area contributed by atoms with Crippen molar-refractivity contribution in [1.29, 1.82) is 0 Å². The summed E-state index contributed by atoms with van der Waals surface area (Å²) in [5, 5.41) is 0. The van der Waals surface area contributed by atoms with Gasteiger partial charge >= 0.3 is 0 Å². The minimum absolute atomic E-state index is 0.478. The van der Waals surface area contributed by atoms with Crippen LogP contribution >= 0.6 is 0 Å². The number of fused-ring (bicyclic) bond motifs is 10. The molecule has 0 bridgehead atoms. The summed E-state index contributed by atoms with van der Waals surface area (Å²) in [6, 6.07) is 19.8. The first-order chi connectivity index (χ1) is 15.0. The Morgan fingerprint density at radius 1 is 0.581 bits per heavy atom. The topological polar surface area (TPSA) is 39.0 Å². The predicted molar refractivity (Wildman–Crippen MR) is 127 cm³/mol. The van der Waals surface area contributed by atoms with E-state index in [1.165, 1.54) is 27.7 Å². The molecule has 0 N–H and O–H groups in total. The highest BCUT2D eigenvalue weighted by atomic mass is 15.3. The highest BCUT2D eigenvalue weighted by molar-refractivity contribution is 6.03. The summed E-state index contributed by atoms with van der Waals surface area (Å²) < 4.78 is 6.82. The molecule has 0 aliphatic rings. The first kappa shape index (κ1) is 17.1. The molecular weight excluding hydrogens is 382 g/mol. The first-order valence-corrected chi connectivity index (χ1v) is 11.0. The lowest BCUT2D eigenvalue weighted by atomic mass is 10.0. The number of nitrogens with zero attached hydrogens (tertiary/aromatic N) is 5. The van der Waals surface area contributed by atoms with E-state index in [2.05, 4.69) is 95.5 Å². The van der Waals surface area contributed by atoms with Crippen LogP contribution in [0.3, 0.4) is 0 Å². The molecule has 5 heteroatoms. The summed E-state index contributed by atoms with van der Waals surface area (Å²) in [5.41, 5.74) is 10.6. The van der Waals surface area contributed by atoms with Gasteiger partial charge in [-0.25, -0.2) is 14.4 Å². The fourth-order valence-corrected chi connectivity index (χ4v) is 5.05. The summed E-state index contributed by atoms with van der Waals surface area (Å²) in [5.74, 6) is 2.81. The molecule has 0 amide bonds. The fraction of sp³-hybridized carbons (Fsp3) is 0.231. The van der Waals surface area contributed by atoms with Gasteiger partial charge in [0, 0.05) is 0 Å². The van der Waals surface area contributed by atoms with E-state index in [-0.39, 0.29) is 0 Å². The molecule has 0 spiro atoms. The van der Waals surface area contributed by atoms with Gasteiger partial charge in [-0.2, -0.15) is 0 Å². The van der Waals surface area contributed by atoms with Crippen LogP contribution in [0.2, 0.25) is 0 Å². The molecule has 7 aromatic rings. The number of aromatic nitrogens is 5. The van der Waals surface area contributed by atoms with Crippen molar-refractivity contribution >= 4 is 50.2 Å². The van der Waals surface area contributed by atoms with Gasteiger partial charge in [0.2, 0.25) is 11.6 Å². The third-order valence-corrected chi connectivity index (χ3v) is 6.75. The molecular formula is C26H23N5. The molecule has 31 heavy (non-hydrogen) atoms.